The first-order valence-corrected chi connectivity index (χ1v) is 11.9. The van der Waals surface area contributed by atoms with E-state index < -0.39 is 0 Å². The normalized spacial score (nSPS) is 7.25. The van der Waals surface area contributed by atoms with Gasteiger partial charge in [0, 0.05) is 98.1 Å². The van der Waals surface area contributed by atoms with Crippen molar-refractivity contribution in [2.75, 3.05) is 0 Å². The van der Waals surface area contributed by atoms with Crippen LogP contribution in [0.25, 0.3) is 0 Å². The molecule has 0 atom stereocenters. The van der Waals surface area contributed by atoms with Gasteiger partial charge in [0.1, 0.15) is 0 Å². The van der Waals surface area contributed by atoms with E-state index in [0.717, 1.165) is 31.2 Å². The fourth-order valence-electron chi connectivity index (χ4n) is 2.16. The molecule has 0 amide bonds. The molecule has 0 aliphatic rings. The van der Waals surface area contributed by atoms with Crippen molar-refractivity contribution in [1.29, 1.82) is 0 Å². The second kappa shape index (κ2) is 45.7. The molecule has 0 aliphatic heterocycles. The molecule has 0 fully saturated rings. The van der Waals surface area contributed by atoms with Gasteiger partial charge in [-0.3, -0.25) is 0 Å². The molecule has 3 radical (unpaired) electrons. The van der Waals surface area contributed by atoms with Gasteiger partial charge in [0.15, 0.2) is 0 Å². The Morgan fingerprint density at radius 1 is 0.583 bits per heavy atom. The van der Waals surface area contributed by atoms with Gasteiger partial charge >= 0.3 is 0 Å². The third kappa shape index (κ3) is 32.9. The van der Waals surface area contributed by atoms with Crippen LogP contribution < -0.4 is 0 Å². The summed E-state index contributed by atoms with van der Waals surface area (Å²) in [4.78, 5) is 0. The zero-order valence-corrected chi connectivity index (χ0v) is 31.8. The Kier molecular flexibility index (Phi) is 67.5. The van der Waals surface area contributed by atoms with Crippen LogP contribution in [0.15, 0.2) is 72.8 Å². The van der Waals surface area contributed by atoms with Crippen LogP contribution in [0.4, 0.5) is 0 Å². The van der Waals surface area contributed by atoms with Crippen molar-refractivity contribution in [2.24, 2.45) is 0 Å². The Morgan fingerprint density at radius 2 is 1.00 bits per heavy atom. The molecular formula is C33H50Y3-6. The predicted molar refractivity (Wildman–Crippen MR) is 154 cm³/mol. The maximum atomic E-state index is 3.85. The summed E-state index contributed by atoms with van der Waals surface area (Å²) in [6, 6.07) is 30.1. The van der Waals surface area contributed by atoms with Gasteiger partial charge in [-0.15, -0.1) is 12.1 Å². The zero-order valence-electron chi connectivity index (χ0n) is 23.3. The maximum Gasteiger partial charge on any atom is 0 e. The molecule has 0 spiro atoms. The molecule has 0 aliphatic carbocycles. The van der Waals surface area contributed by atoms with E-state index in [-0.39, 0.29) is 106 Å². The summed E-state index contributed by atoms with van der Waals surface area (Å²) in [7, 11) is 0. The summed E-state index contributed by atoms with van der Waals surface area (Å²) in [6.07, 6.45) is 3.67. The minimum atomic E-state index is 0. The third-order valence-corrected chi connectivity index (χ3v) is 3.65. The van der Waals surface area contributed by atoms with E-state index in [1.54, 1.807) is 0 Å². The fraction of sp³-hybridized carbons (Fsp3) is 0.333. The third-order valence-electron chi connectivity index (χ3n) is 3.65. The van der Waals surface area contributed by atoms with Crippen molar-refractivity contribution in [2.45, 2.75) is 74.7 Å². The van der Waals surface area contributed by atoms with Crippen LogP contribution in [0.5, 0.6) is 0 Å². The fourth-order valence-corrected chi connectivity index (χ4v) is 2.16. The van der Waals surface area contributed by atoms with E-state index in [2.05, 4.69) is 52.0 Å². The predicted octanol–water partition coefficient (Wildman–Crippen LogP) is 10.1. The van der Waals surface area contributed by atoms with Crippen molar-refractivity contribution in [3.63, 3.8) is 0 Å². The molecule has 3 aromatic rings. The van der Waals surface area contributed by atoms with E-state index in [9.17, 15) is 0 Å². The van der Waals surface area contributed by atoms with Gasteiger partial charge in [-0.25, -0.2) is 6.42 Å². The molecule has 3 heteroatoms. The second-order valence-corrected chi connectivity index (χ2v) is 5.65. The van der Waals surface area contributed by atoms with Crippen molar-refractivity contribution < 1.29 is 98.1 Å². The number of hydrogen-bond acceptors (Lipinski definition) is 0. The molecule has 197 valence electrons. The van der Waals surface area contributed by atoms with Gasteiger partial charge in [0.2, 0.25) is 0 Å². The molecule has 0 bridgehead atoms. The van der Waals surface area contributed by atoms with Crippen molar-refractivity contribution in [3.05, 3.63) is 135 Å². The summed E-state index contributed by atoms with van der Waals surface area (Å²) in [6.45, 7) is 27.1. The van der Waals surface area contributed by atoms with E-state index >= 15 is 0 Å². The molecule has 0 saturated heterocycles. The number of benzene rings is 3. The number of hydrogen-bond donors (Lipinski definition) is 0. The second-order valence-electron chi connectivity index (χ2n) is 5.65. The van der Waals surface area contributed by atoms with Crippen molar-refractivity contribution >= 4 is 0 Å². The van der Waals surface area contributed by atoms with Crippen LogP contribution in [0.1, 0.15) is 77.6 Å². The van der Waals surface area contributed by atoms with Crippen molar-refractivity contribution in [1.82, 2.24) is 0 Å². The van der Waals surface area contributed by atoms with Gasteiger partial charge in [-0.2, -0.15) is 109 Å². The summed E-state index contributed by atoms with van der Waals surface area (Å²) in [5.41, 5.74) is 4.75. The Labute approximate surface area is 303 Å². The molecule has 3 aromatic carbocycles. The summed E-state index contributed by atoms with van der Waals surface area (Å²) >= 11 is 0. The van der Waals surface area contributed by atoms with E-state index in [1.165, 1.54) is 16.7 Å². The summed E-state index contributed by atoms with van der Waals surface area (Å²) in [5, 5.41) is 0. The van der Waals surface area contributed by atoms with Crippen LogP contribution in [0, 0.1) is 39.8 Å². The Morgan fingerprint density at radius 3 is 1.28 bits per heavy atom. The molecule has 0 N–H and O–H groups in total. The van der Waals surface area contributed by atoms with Crippen molar-refractivity contribution in [3.8, 4) is 0 Å². The van der Waals surface area contributed by atoms with Gasteiger partial charge in [0.05, 0.1) is 0 Å². The Hall–Kier alpha value is 0.842. The van der Waals surface area contributed by atoms with Crippen LogP contribution in [-0.2, 0) is 117 Å². The van der Waals surface area contributed by atoms with Gasteiger partial charge in [-0.05, 0) is 0 Å². The number of rotatable bonds is 4. The number of aryl methyl sites for hydroxylation is 1. The molecular weight excluding hydrogens is 663 g/mol. The first-order chi connectivity index (χ1) is 15.7. The van der Waals surface area contributed by atoms with Crippen LogP contribution >= 0.6 is 0 Å². The van der Waals surface area contributed by atoms with E-state index in [1.807, 2.05) is 102 Å². The minimum absolute atomic E-state index is 0. The van der Waals surface area contributed by atoms with Crippen LogP contribution in [0.2, 0.25) is 0 Å². The molecule has 36 heavy (non-hydrogen) atoms. The van der Waals surface area contributed by atoms with Gasteiger partial charge in [-0.1, -0.05) is 61.5 Å². The van der Waals surface area contributed by atoms with Crippen LogP contribution in [-0.4, -0.2) is 0 Å². The van der Waals surface area contributed by atoms with Gasteiger partial charge in [0.25, 0.3) is 0 Å². The molecule has 0 aromatic heterocycles. The first kappa shape index (κ1) is 53.1. The Bertz CT molecular complexity index is 698. The van der Waals surface area contributed by atoms with E-state index in [0.29, 0.717) is 0 Å². The van der Waals surface area contributed by atoms with E-state index in [4.69, 9.17) is 0 Å². The minimum Gasteiger partial charge on any atom is -0.350 e. The molecule has 0 nitrogen and oxygen atoms in total. The summed E-state index contributed by atoms with van der Waals surface area (Å²) < 4.78 is 0. The Balaban J connectivity index is -0.0000000604. The SMILES string of the molecule is C.CC.CC.CC.[CH2-]CCc1[c-]cccc1.[CH2-]Cc1[c-]cccc1.[CH2-]Cc1ccccc1[CH2-].[Y].[Y].[Y]. The first-order valence-electron chi connectivity index (χ1n) is 11.9. The molecule has 0 unspecified atom stereocenters. The van der Waals surface area contributed by atoms with Gasteiger partial charge < -0.3 is 20.8 Å². The standard InChI is InChI=1S/2C9H10.C8H8.3C2H6.CH4.3Y/c1-3-9-7-5-4-6-8(9)2;1-2-6-9-7-4-3-5-8-9;1-2-8-6-4-3-5-7-8;3*1-2;;;;/h4-7H,1-3H2;3-5,7H,1-2,6H2;3-6H,1-2H2;3*1-2H3;1H4;;;/q3*-2;;;;;;;. The maximum absolute atomic E-state index is 3.85. The van der Waals surface area contributed by atoms with Crippen LogP contribution in [0.3, 0.4) is 0 Å². The average molecular weight is 713 g/mol. The molecule has 0 heterocycles. The smallest absolute Gasteiger partial charge is 0 e. The largest absolute Gasteiger partial charge is 0.350 e. The molecule has 0 saturated carbocycles. The quantitative estimate of drug-likeness (QED) is 0.236. The topological polar surface area (TPSA) is 0 Å². The average Bonchev–Trinajstić information content (AvgIpc) is 2.90. The monoisotopic (exact) mass is 713 g/mol. The summed E-state index contributed by atoms with van der Waals surface area (Å²) in [5.74, 6) is 0. The molecule has 3 rings (SSSR count). The zero-order chi connectivity index (χ0) is 25.0.